The summed E-state index contributed by atoms with van der Waals surface area (Å²) in [5.41, 5.74) is 1.71. The Labute approximate surface area is 144 Å². The van der Waals surface area contributed by atoms with Gasteiger partial charge in [0.05, 0.1) is 25.9 Å². The van der Waals surface area contributed by atoms with E-state index >= 15 is 0 Å². The molecule has 1 aliphatic rings. The molecule has 1 atom stereocenters. The molecule has 126 valence electrons. The van der Waals surface area contributed by atoms with Gasteiger partial charge >= 0.3 is 12.0 Å². The number of thiophene rings is 1. The van der Waals surface area contributed by atoms with Crippen LogP contribution in [0.4, 0.5) is 10.5 Å². The number of nitrogens with one attached hydrogen (secondary N) is 1. The van der Waals surface area contributed by atoms with Crippen molar-refractivity contribution in [3.05, 3.63) is 41.8 Å². The Morgan fingerprint density at radius 3 is 2.88 bits per heavy atom. The van der Waals surface area contributed by atoms with Crippen molar-refractivity contribution in [2.45, 2.75) is 6.10 Å². The molecule has 0 saturated carbocycles. The minimum atomic E-state index is -0.734. The molecular formula is C17H18N2O4S. The number of rotatable bonds is 3. The molecule has 0 radical (unpaired) electrons. The Bertz CT molecular complexity index is 717. The topological polar surface area (TPSA) is 67.9 Å². The number of morpholine rings is 1. The Kier molecular flexibility index (Phi) is 5.12. The number of nitrogens with zero attached hydrogens (tertiary/aromatic N) is 1. The van der Waals surface area contributed by atoms with Crippen LogP contribution in [0.15, 0.2) is 41.8 Å². The van der Waals surface area contributed by atoms with Crippen molar-refractivity contribution in [3.8, 4) is 10.4 Å². The zero-order valence-corrected chi connectivity index (χ0v) is 14.0. The summed E-state index contributed by atoms with van der Waals surface area (Å²) < 4.78 is 10.0. The quantitative estimate of drug-likeness (QED) is 0.868. The standard InChI is InChI=1S/C17H18N2O4S/c1-22-16(20)14-11-19(8-9-23-14)17(21)18-13-6-3-2-5-12(13)15-7-4-10-24-15/h2-7,10,14H,8-9,11H2,1H3,(H,18,21)/t14-/m0/s1. The van der Waals surface area contributed by atoms with Crippen LogP contribution in [-0.2, 0) is 14.3 Å². The Hall–Kier alpha value is -2.38. The molecule has 24 heavy (non-hydrogen) atoms. The molecule has 1 N–H and O–H groups in total. The summed E-state index contributed by atoms with van der Waals surface area (Å²) in [6.45, 7) is 0.917. The first-order valence-corrected chi connectivity index (χ1v) is 8.45. The van der Waals surface area contributed by atoms with Crippen molar-refractivity contribution in [2.24, 2.45) is 0 Å². The van der Waals surface area contributed by atoms with E-state index in [1.165, 1.54) is 7.11 Å². The summed E-state index contributed by atoms with van der Waals surface area (Å²) in [7, 11) is 1.31. The first-order chi connectivity index (χ1) is 11.7. The molecule has 7 heteroatoms. The maximum atomic E-state index is 12.6. The maximum Gasteiger partial charge on any atom is 0.336 e. The summed E-state index contributed by atoms with van der Waals surface area (Å²) in [5, 5.41) is 4.93. The van der Waals surface area contributed by atoms with E-state index in [1.54, 1.807) is 16.2 Å². The predicted molar refractivity (Wildman–Crippen MR) is 92.1 cm³/mol. The second-order valence-electron chi connectivity index (χ2n) is 5.28. The minimum absolute atomic E-state index is 0.180. The lowest BCUT2D eigenvalue weighted by molar-refractivity contribution is -0.158. The van der Waals surface area contributed by atoms with Crippen LogP contribution in [0.2, 0.25) is 0 Å². The highest BCUT2D eigenvalue weighted by atomic mass is 32.1. The summed E-state index contributed by atoms with van der Waals surface area (Å²) in [5.74, 6) is -0.466. The van der Waals surface area contributed by atoms with Crippen molar-refractivity contribution in [1.29, 1.82) is 0 Å². The van der Waals surface area contributed by atoms with E-state index in [9.17, 15) is 9.59 Å². The summed E-state index contributed by atoms with van der Waals surface area (Å²) >= 11 is 1.61. The SMILES string of the molecule is COC(=O)[C@@H]1CN(C(=O)Nc2ccccc2-c2cccs2)CCO1. The number of methoxy groups -OCH3 is 1. The lowest BCUT2D eigenvalue weighted by atomic mass is 10.1. The van der Waals surface area contributed by atoms with Crippen molar-refractivity contribution >= 4 is 29.0 Å². The molecule has 6 nitrogen and oxygen atoms in total. The van der Waals surface area contributed by atoms with E-state index in [1.807, 2.05) is 41.8 Å². The van der Waals surface area contributed by atoms with Crippen LogP contribution in [0, 0.1) is 0 Å². The zero-order valence-electron chi connectivity index (χ0n) is 13.2. The van der Waals surface area contributed by atoms with Gasteiger partial charge in [0, 0.05) is 17.0 Å². The number of amides is 2. The van der Waals surface area contributed by atoms with Crippen LogP contribution >= 0.6 is 11.3 Å². The van der Waals surface area contributed by atoms with E-state index in [0.717, 1.165) is 16.1 Å². The first-order valence-electron chi connectivity index (χ1n) is 7.57. The third-order valence-electron chi connectivity index (χ3n) is 3.77. The van der Waals surface area contributed by atoms with E-state index in [-0.39, 0.29) is 12.6 Å². The van der Waals surface area contributed by atoms with Gasteiger partial charge in [0.15, 0.2) is 6.10 Å². The number of ether oxygens (including phenoxy) is 2. The average molecular weight is 346 g/mol. The van der Waals surface area contributed by atoms with Crippen LogP contribution in [0.3, 0.4) is 0 Å². The number of hydrogen-bond donors (Lipinski definition) is 1. The fraction of sp³-hybridized carbons (Fsp3) is 0.294. The minimum Gasteiger partial charge on any atom is -0.467 e. The van der Waals surface area contributed by atoms with Crippen LogP contribution < -0.4 is 5.32 Å². The van der Waals surface area contributed by atoms with Gasteiger partial charge in [-0.3, -0.25) is 0 Å². The normalized spacial score (nSPS) is 17.4. The van der Waals surface area contributed by atoms with Gasteiger partial charge in [0.1, 0.15) is 0 Å². The van der Waals surface area contributed by atoms with Gasteiger partial charge in [-0.2, -0.15) is 0 Å². The second-order valence-corrected chi connectivity index (χ2v) is 6.23. The zero-order chi connectivity index (χ0) is 16.9. The molecule has 0 aliphatic carbocycles. The lowest BCUT2D eigenvalue weighted by Gasteiger charge is -2.31. The van der Waals surface area contributed by atoms with Crippen LogP contribution in [0.5, 0.6) is 0 Å². The molecular weight excluding hydrogens is 328 g/mol. The second kappa shape index (κ2) is 7.46. The number of anilines is 1. The Balaban J connectivity index is 1.72. The number of urea groups is 1. The molecule has 1 saturated heterocycles. The first kappa shape index (κ1) is 16.5. The molecule has 1 fully saturated rings. The van der Waals surface area contributed by atoms with Gasteiger partial charge in [-0.05, 0) is 17.5 Å². The van der Waals surface area contributed by atoms with Crippen molar-refractivity contribution < 1.29 is 19.1 Å². The van der Waals surface area contributed by atoms with Crippen LogP contribution in [0.25, 0.3) is 10.4 Å². The van der Waals surface area contributed by atoms with Crippen LogP contribution in [-0.4, -0.2) is 49.8 Å². The summed E-state index contributed by atoms with van der Waals surface area (Å²) in [4.78, 5) is 26.8. The number of carbonyl (C=O) groups excluding carboxylic acids is 2. The highest BCUT2D eigenvalue weighted by Crippen LogP contribution is 2.31. The largest absolute Gasteiger partial charge is 0.467 e. The van der Waals surface area contributed by atoms with Gasteiger partial charge in [0.25, 0.3) is 0 Å². The molecule has 0 bridgehead atoms. The number of carbonyl (C=O) groups is 2. The monoisotopic (exact) mass is 346 g/mol. The molecule has 3 rings (SSSR count). The number of para-hydroxylation sites is 1. The Morgan fingerprint density at radius 1 is 1.29 bits per heavy atom. The molecule has 0 unspecified atom stereocenters. The average Bonchev–Trinajstić information content (AvgIpc) is 3.16. The van der Waals surface area contributed by atoms with E-state index < -0.39 is 12.1 Å². The van der Waals surface area contributed by atoms with Gasteiger partial charge in [-0.25, -0.2) is 9.59 Å². The highest BCUT2D eigenvalue weighted by molar-refractivity contribution is 7.13. The molecule has 2 amide bonds. The third-order valence-corrected chi connectivity index (χ3v) is 4.68. The van der Waals surface area contributed by atoms with Crippen LogP contribution in [0.1, 0.15) is 0 Å². The van der Waals surface area contributed by atoms with E-state index in [0.29, 0.717) is 13.2 Å². The molecule has 1 aromatic heterocycles. The maximum absolute atomic E-state index is 12.6. The van der Waals surface area contributed by atoms with Crippen molar-refractivity contribution in [3.63, 3.8) is 0 Å². The fourth-order valence-electron chi connectivity index (χ4n) is 2.54. The number of hydrogen-bond acceptors (Lipinski definition) is 5. The third kappa shape index (κ3) is 3.58. The van der Waals surface area contributed by atoms with Gasteiger partial charge in [-0.1, -0.05) is 24.3 Å². The summed E-state index contributed by atoms with van der Waals surface area (Å²) in [6.07, 6.45) is -0.734. The van der Waals surface area contributed by atoms with Crippen molar-refractivity contribution in [1.82, 2.24) is 4.90 Å². The highest BCUT2D eigenvalue weighted by Gasteiger charge is 2.30. The molecule has 2 heterocycles. The summed E-state index contributed by atoms with van der Waals surface area (Å²) in [6, 6.07) is 11.4. The van der Waals surface area contributed by atoms with Crippen molar-refractivity contribution in [2.75, 3.05) is 32.1 Å². The molecule has 0 spiro atoms. The van der Waals surface area contributed by atoms with E-state index in [4.69, 9.17) is 4.74 Å². The number of benzene rings is 1. The smallest absolute Gasteiger partial charge is 0.336 e. The Morgan fingerprint density at radius 2 is 2.12 bits per heavy atom. The van der Waals surface area contributed by atoms with E-state index in [2.05, 4.69) is 10.1 Å². The molecule has 2 aromatic rings. The lowest BCUT2D eigenvalue weighted by Crippen LogP contribution is -2.50. The fourth-order valence-corrected chi connectivity index (χ4v) is 3.31. The van der Waals surface area contributed by atoms with Gasteiger partial charge in [0.2, 0.25) is 0 Å². The number of esters is 1. The van der Waals surface area contributed by atoms with Gasteiger partial charge < -0.3 is 19.7 Å². The molecule has 1 aliphatic heterocycles. The molecule has 1 aromatic carbocycles. The van der Waals surface area contributed by atoms with Gasteiger partial charge in [-0.15, -0.1) is 11.3 Å². The predicted octanol–water partition coefficient (Wildman–Crippen LogP) is 2.82.